The Labute approximate surface area is 312 Å². The predicted molar refractivity (Wildman–Crippen MR) is 205 cm³/mol. The van der Waals surface area contributed by atoms with Gasteiger partial charge in [0.05, 0.1) is 46.2 Å². The lowest BCUT2D eigenvalue weighted by Gasteiger charge is -2.08. The molecule has 1 fully saturated rings. The van der Waals surface area contributed by atoms with Crippen LogP contribution in [-0.4, -0.2) is 65.5 Å². The SMILES string of the molecule is COC(=O)c1[nH]c2c(C3CC3)csc2c1-c1ccc(CS(C)(=O)=O)c(Cl)c1.COC(=O)c1[nH]c2ccsc2c1-c1ccc(CS(C)(=O)=O)c(Cl)c1. The van der Waals surface area contributed by atoms with Crippen molar-refractivity contribution in [3.63, 3.8) is 0 Å². The Morgan fingerprint density at radius 1 is 0.765 bits per heavy atom. The van der Waals surface area contributed by atoms with Crippen LogP contribution in [0, 0.1) is 0 Å². The van der Waals surface area contributed by atoms with Crippen molar-refractivity contribution >= 4 is 97.9 Å². The standard InChI is InChI=1S/C19H18ClNO4S2.C16H14ClNO4S2/c1-25-19(22)17-15(18-16(21-17)13(8-26-18)10-3-4-10)11-5-6-12(14(20)7-11)9-27(2,23)24;1-22-16(19)14-13(15-12(18-14)5-6-23-15)9-3-4-10(11(17)7-9)8-24(2,20)21/h5-8,10,21H,3-4,9H2,1-2H3;3-7,18H,8H2,1-2H3. The monoisotopic (exact) mass is 806 g/mol. The van der Waals surface area contributed by atoms with Crippen LogP contribution < -0.4 is 0 Å². The summed E-state index contributed by atoms with van der Waals surface area (Å²) < 4.78 is 57.8. The van der Waals surface area contributed by atoms with Gasteiger partial charge in [0.2, 0.25) is 0 Å². The number of halogens is 2. The molecule has 0 atom stereocenters. The van der Waals surface area contributed by atoms with Crippen molar-refractivity contribution in [1.82, 2.24) is 9.97 Å². The Hall–Kier alpha value is -3.66. The third-order valence-corrected chi connectivity index (χ3v) is 12.6. The highest BCUT2D eigenvalue weighted by Gasteiger charge is 2.30. The Morgan fingerprint density at radius 2 is 1.27 bits per heavy atom. The van der Waals surface area contributed by atoms with E-state index >= 15 is 0 Å². The van der Waals surface area contributed by atoms with Crippen LogP contribution in [-0.2, 0) is 40.7 Å². The summed E-state index contributed by atoms with van der Waals surface area (Å²) in [6, 6.07) is 12.2. The number of thiophene rings is 2. The van der Waals surface area contributed by atoms with Crippen molar-refractivity contribution in [2.24, 2.45) is 0 Å². The number of H-pyrrole nitrogens is 2. The van der Waals surface area contributed by atoms with Gasteiger partial charge in [0.25, 0.3) is 0 Å². The number of aromatic amines is 2. The molecule has 2 aromatic carbocycles. The first-order valence-electron chi connectivity index (χ1n) is 15.4. The summed E-state index contributed by atoms with van der Waals surface area (Å²) in [4.78, 5) is 30.7. The minimum Gasteiger partial charge on any atom is -0.464 e. The molecule has 6 aromatic rings. The smallest absolute Gasteiger partial charge is 0.355 e. The summed E-state index contributed by atoms with van der Waals surface area (Å²) >= 11 is 15.7. The fourth-order valence-corrected chi connectivity index (χ4v) is 10.2. The number of ether oxygens (including phenoxy) is 2. The molecule has 0 unspecified atom stereocenters. The van der Waals surface area contributed by atoms with E-state index in [0.717, 1.165) is 43.4 Å². The fraction of sp³-hybridized carbons (Fsp3) is 0.257. The van der Waals surface area contributed by atoms with E-state index in [4.69, 9.17) is 32.7 Å². The second-order valence-corrected chi connectivity index (χ2v) is 19.2. The Kier molecular flexibility index (Phi) is 10.5. The molecule has 7 rings (SSSR count). The van der Waals surface area contributed by atoms with E-state index in [1.165, 1.54) is 50.2 Å². The Morgan fingerprint density at radius 3 is 1.75 bits per heavy atom. The zero-order chi connectivity index (χ0) is 36.8. The van der Waals surface area contributed by atoms with Crippen LogP contribution >= 0.6 is 45.9 Å². The van der Waals surface area contributed by atoms with Gasteiger partial charge in [0.1, 0.15) is 11.4 Å². The number of methoxy groups -OCH3 is 2. The summed E-state index contributed by atoms with van der Waals surface area (Å²) in [5, 5.41) is 4.77. The molecule has 51 heavy (non-hydrogen) atoms. The summed E-state index contributed by atoms with van der Waals surface area (Å²) in [7, 11) is -3.69. The van der Waals surface area contributed by atoms with Crippen LogP contribution in [0.15, 0.2) is 53.2 Å². The van der Waals surface area contributed by atoms with Gasteiger partial charge in [-0.2, -0.15) is 0 Å². The van der Waals surface area contributed by atoms with Crippen molar-refractivity contribution in [2.45, 2.75) is 30.3 Å². The number of rotatable bonds is 9. The lowest BCUT2D eigenvalue weighted by Crippen LogP contribution is -2.04. The van der Waals surface area contributed by atoms with E-state index in [1.807, 2.05) is 11.4 Å². The van der Waals surface area contributed by atoms with Gasteiger partial charge in [0.15, 0.2) is 19.7 Å². The number of hydrogen-bond donors (Lipinski definition) is 2. The maximum absolute atomic E-state index is 12.4. The van der Waals surface area contributed by atoms with Crippen molar-refractivity contribution < 1.29 is 35.9 Å². The number of nitrogens with one attached hydrogen (secondary N) is 2. The van der Waals surface area contributed by atoms with Crippen molar-refractivity contribution in [1.29, 1.82) is 0 Å². The topological polar surface area (TPSA) is 152 Å². The molecular formula is C35H32Cl2N2O8S4. The quantitative estimate of drug-likeness (QED) is 0.138. The molecule has 0 aliphatic heterocycles. The minimum atomic E-state index is -3.19. The second-order valence-electron chi connectivity index (χ2n) is 12.3. The number of aromatic nitrogens is 2. The van der Waals surface area contributed by atoms with Crippen LogP contribution in [0.4, 0.5) is 0 Å². The number of benzene rings is 2. The second kappa shape index (κ2) is 14.4. The number of carbonyl (C=O) groups excluding carboxylic acids is 2. The molecule has 0 amide bonds. The first-order valence-corrected chi connectivity index (χ1v) is 22.0. The van der Waals surface area contributed by atoms with E-state index in [0.29, 0.717) is 44.0 Å². The van der Waals surface area contributed by atoms with Gasteiger partial charge in [-0.3, -0.25) is 0 Å². The number of esters is 2. The molecule has 0 bridgehead atoms. The summed E-state index contributed by atoms with van der Waals surface area (Å²) in [5.74, 6) is -0.603. The molecule has 0 radical (unpaired) electrons. The molecule has 0 spiro atoms. The average Bonchev–Trinajstić information content (AvgIpc) is 3.34. The van der Waals surface area contributed by atoms with Crippen LogP contribution in [0.25, 0.3) is 42.7 Å². The van der Waals surface area contributed by atoms with Gasteiger partial charge in [-0.15, -0.1) is 22.7 Å². The zero-order valence-corrected chi connectivity index (χ0v) is 32.5. The van der Waals surface area contributed by atoms with Gasteiger partial charge >= 0.3 is 11.9 Å². The number of carbonyl (C=O) groups is 2. The van der Waals surface area contributed by atoms with Crippen molar-refractivity contribution in [2.75, 3.05) is 26.7 Å². The largest absolute Gasteiger partial charge is 0.464 e. The molecule has 1 saturated carbocycles. The lowest BCUT2D eigenvalue weighted by molar-refractivity contribution is 0.0587. The third-order valence-electron chi connectivity index (χ3n) is 8.26. The van der Waals surface area contributed by atoms with E-state index in [2.05, 4.69) is 15.3 Å². The van der Waals surface area contributed by atoms with Gasteiger partial charge in [-0.25, -0.2) is 26.4 Å². The molecule has 10 nitrogen and oxygen atoms in total. The predicted octanol–water partition coefficient (Wildman–Crippen LogP) is 8.64. The molecule has 4 heterocycles. The van der Waals surface area contributed by atoms with Crippen LogP contribution in [0.3, 0.4) is 0 Å². The summed E-state index contributed by atoms with van der Waals surface area (Å²) in [5.41, 5.74) is 7.83. The normalized spacial score (nSPS) is 13.3. The number of sulfone groups is 2. The number of hydrogen-bond acceptors (Lipinski definition) is 10. The summed E-state index contributed by atoms with van der Waals surface area (Å²) in [6.45, 7) is 0. The van der Waals surface area contributed by atoms with E-state index in [-0.39, 0.29) is 11.5 Å². The van der Waals surface area contributed by atoms with E-state index in [9.17, 15) is 26.4 Å². The molecule has 1 aliphatic rings. The van der Waals surface area contributed by atoms with Crippen LogP contribution in [0.2, 0.25) is 10.0 Å². The lowest BCUT2D eigenvalue weighted by atomic mass is 10.0. The first kappa shape index (κ1) is 37.1. The first-order chi connectivity index (χ1) is 24.1. The van der Waals surface area contributed by atoms with Crippen molar-refractivity contribution in [3.8, 4) is 22.3 Å². The maximum Gasteiger partial charge on any atom is 0.355 e. The molecule has 4 aromatic heterocycles. The van der Waals surface area contributed by atoms with Crippen LogP contribution in [0.1, 0.15) is 56.4 Å². The average molecular weight is 808 g/mol. The molecule has 16 heteroatoms. The molecule has 1 aliphatic carbocycles. The van der Waals surface area contributed by atoms with Gasteiger partial charge in [-0.05, 0) is 75.5 Å². The van der Waals surface area contributed by atoms with Gasteiger partial charge in [-0.1, -0.05) is 47.5 Å². The van der Waals surface area contributed by atoms with Crippen LogP contribution in [0.5, 0.6) is 0 Å². The highest BCUT2D eigenvalue weighted by Crippen LogP contribution is 2.48. The summed E-state index contributed by atoms with van der Waals surface area (Å²) in [6.07, 6.45) is 4.67. The fourth-order valence-electron chi connectivity index (χ4n) is 5.86. The van der Waals surface area contributed by atoms with Gasteiger partial charge < -0.3 is 19.4 Å². The Bertz CT molecular complexity index is 2540. The minimum absolute atomic E-state index is 0.122. The molecule has 268 valence electrons. The van der Waals surface area contributed by atoms with Crippen molar-refractivity contribution in [3.05, 3.63) is 91.3 Å². The van der Waals surface area contributed by atoms with Gasteiger partial charge in [0, 0.05) is 33.7 Å². The highest BCUT2D eigenvalue weighted by atomic mass is 35.5. The molecule has 2 N–H and O–H groups in total. The highest BCUT2D eigenvalue weighted by molar-refractivity contribution is 7.90. The van der Waals surface area contributed by atoms with E-state index < -0.39 is 31.6 Å². The van der Waals surface area contributed by atoms with E-state index in [1.54, 1.807) is 47.7 Å². The number of fused-ring (bicyclic) bond motifs is 2. The molecular weight excluding hydrogens is 776 g/mol. The third kappa shape index (κ3) is 8.06. The Balaban J connectivity index is 0.000000177. The maximum atomic E-state index is 12.4. The zero-order valence-electron chi connectivity index (χ0n) is 27.8. The molecule has 0 saturated heterocycles.